The maximum atomic E-state index is 10.6. The molecule has 1 heterocycles. The summed E-state index contributed by atoms with van der Waals surface area (Å²) < 4.78 is 4.93. The molecular weight excluding hydrogens is 120 g/mol. The second-order valence-corrected chi connectivity index (χ2v) is 2.26. The van der Waals surface area contributed by atoms with Gasteiger partial charge in [-0.3, -0.25) is 4.79 Å². The number of Topliss-reactive ketones (excluding diaryl/α,β-unsaturated/α-hetero) is 1. The summed E-state index contributed by atoms with van der Waals surface area (Å²) in [6, 6.07) is 0. The molecule has 1 saturated heterocycles. The smallest absolute Gasteiger partial charge is 0.161 e. The zero-order chi connectivity index (χ0) is 6.85. The van der Waals surface area contributed by atoms with Crippen molar-refractivity contribution in [3.8, 4) is 0 Å². The molecule has 1 fully saturated rings. The van der Waals surface area contributed by atoms with Crippen LogP contribution >= 0.6 is 0 Å². The number of aliphatic hydroxyl groups is 1. The molecule has 0 aromatic rings. The van der Waals surface area contributed by atoms with Gasteiger partial charge in [0.2, 0.25) is 0 Å². The van der Waals surface area contributed by atoms with Crippen LogP contribution in [0.3, 0.4) is 0 Å². The Balaban J connectivity index is 2.49. The van der Waals surface area contributed by atoms with Gasteiger partial charge < -0.3 is 9.84 Å². The van der Waals surface area contributed by atoms with Gasteiger partial charge in [-0.25, -0.2) is 0 Å². The second-order valence-electron chi connectivity index (χ2n) is 2.26. The van der Waals surface area contributed by atoms with Crippen LogP contribution in [-0.2, 0) is 9.53 Å². The number of hydrogen-bond donors (Lipinski definition) is 1. The summed E-state index contributed by atoms with van der Waals surface area (Å²) in [7, 11) is 0. The fraction of sp³-hybridized carbons (Fsp3) is 0.833. The van der Waals surface area contributed by atoms with Crippen molar-refractivity contribution < 1.29 is 14.6 Å². The third-order valence-electron chi connectivity index (χ3n) is 1.46. The number of carbonyl (C=O) groups is 1. The average molecular weight is 130 g/mol. The van der Waals surface area contributed by atoms with Gasteiger partial charge in [0.05, 0.1) is 12.7 Å². The van der Waals surface area contributed by atoms with Gasteiger partial charge >= 0.3 is 0 Å². The molecule has 0 aliphatic carbocycles. The molecule has 9 heavy (non-hydrogen) atoms. The summed E-state index contributed by atoms with van der Waals surface area (Å²) in [5, 5.41) is 9.01. The highest BCUT2D eigenvalue weighted by Crippen LogP contribution is 2.13. The molecular formula is C6H10O3. The van der Waals surface area contributed by atoms with E-state index in [1.54, 1.807) is 0 Å². The first-order chi connectivity index (χ1) is 4.22. The van der Waals surface area contributed by atoms with Crippen LogP contribution in [-0.4, -0.2) is 29.7 Å². The van der Waals surface area contributed by atoms with Crippen LogP contribution in [0, 0.1) is 0 Å². The summed E-state index contributed by atoms with van der Waals surface area (Å²) in [6.45, 7) is 1.94. The summed E-state index contributed by atoms with van der Waals surface area (Å²) in [5.41, 5.74) is 0. The number of ketones is 1. The normalized spacial score (nSPS) is 34.9. The largest absolute Gasteiger partial charge is 0.390 e. The van der Waals surface area contributed by atoms with Crippen LogP contribution in [0.5, 0.6) is 0 Å². The Morgan fingerprint density at radius 1 is 1.78 bits per heavy atom. The van der Waals surface area contributed by atoms with Crippen LogP contribution in [0.25, 0.3) is 0 Å². The van der Waals surface area contributed by atoms with Crippen LogP contribution < -0.4 is 0 Å². The molecule has 0 aromatic carbocycles. The highest BCUT2D eigenvalue weighted by Gasteiger charge is 2.29. The maximum absolute atomic E-state index is 10.6. The molecule has 0 radical (unpaired) electrons. The maximum Gasteiger partial charge on any atom is 0.161 e. The molecule has 0 bridgehead atoms. The standard InChI is InChI=1S/C6H10O3/c1-4(7)6-5(8)2-3-9-6/h5-6,8H,2-3H2,1H3/t5-,6-/m0/s1. The van der Waals surface area contributed by atoms with Crippen molar-refractivity contribution in [2.24, 2.45) is 0 Å². The van der Waals surface area contributed by atoms with Crippen molar-refractivity contribution in [3.05, 3.63) is 0 Å². The Hall–Kier alpha value is -0.410. The molecule has 0 aromatic heterocycles. The summed E-state index contributed by atoms with van der Waals surface area (Å²) in [5.74, 6) is -0.0833. The molecule has 3 heteroatoms. The van der Waals surface area contributed by atoms with Crippen LogP contribution in [0.1, 0.15) is 13.3 Å². The Morgan fingerprint density at radius 2 is 2.44 bits per heavy atom. The van der Waals surface area contributed by atoms with Gasteiger partial charge in [0, 0.05) is 0 Å². The second kappa shape index (κ2) is 2.45. The van der Waals surface area contributed by atoms with Gasteiger partial charge in [-0.1, -0.05) is 0 Å². The predicted molar refractivity (Wildman–Crippen MR) is 31.0 cm³/mol. The van der Waals surface area contributed by atoms with Crippen molar-refractivity contribution in [2.45, 2.75) is 25.6 Å². The van der Waals surface area contributed by atoms with E-state index in [0.717, 1.165) is 0 Å². The number of hydrogen-bond acceptors (Lipinski definition) is 3. The summed E-state index contributed by atoms with van der Waals surface area (Å²) >= 11 is 0. The van der Waals surface area contributed by atoms with Crippen molar-refractivity contribution in [2.75, 3.05) is 6.61 Å². The van der Waals surface area contributed by atoms with Crippen LogP contribution in [0.4, 0.5) is 0 Å². The molecule has 1 aliphatic heterocycles. The lowest BCUT2D eigenvalue weighted by Gasteiger charge is -2.07. The van der Waals surface area contributed by atoms with Gasteiger partial charge in [-0.2, -0.15) is 0 Å². The van der Waals surface area contributed by atoms with Gasteiger partial charge in [-0.05, 0) is 13.3 Å². The molecule has 1 rings (SSSR count). The molecule has 1 N–H and O–H groups in total. The number of carbonyl (C=O) groups excluding carboxylic acids is 1. The van der Waals surface area contributed by atoms with Crippen LogP contribution in [0.15, 0.2) is 0 Å². The van der Waals surface area contributed by atoms with E-state index in [4.69, 9.17) is 9.84 Å². The van der Waals surface area contributed by atoms with Crippen molar-refractivity contribution in [1.82, 2.24) is 0 Å². The van der Waals surface area contributed by atoms with Crippen LogP contribution in [0.2, 0.25) is 0 Å². The Kier molecular flexibility index (Phi) is 1.83. The first-order valence-corrected chi connectivity index (χ1v) is 3.02. The minimum Gasteiger partial charge on any atom is -0.390 e. The number of aliphatic hydroxyl groups excluding tert-OH is 1. The minimum atomic E-state index is -0.567. The van der Waals surface area contributed by atoms with E-state index in [-0.39, 0.29) is 5.78 Å². The van der Waals surface area contributed by atoms with E-state index in [0.29, 0.717) is 13.0 Å². The lowest BCUT2D eigenvalue weighted by atomic mass is 10.1. The molecule has 0 saturated carbocycles. The van der Waals surface area contributed by atoms with Gasteiger partial charge in [-0.15, -0.1) is 0 Å². The monoisotopic (exact) mass is 130 g/mol. The molecule has 2 atom stereocenters. The first kappa shape index (κ1) is 6.71. The highest BCUT2D eigenvalue weighted by atomic mass is 16.5. The Labute approximate surface area is 53.6 Å². The molecule has 3 nitrogen and oxygen atoms in total. The van der Waals surface area contributed by atoms with Crippen molar-refractivity contribution >= 4 is 5.78 Å². The lowest BCUT2D eigenvalue weighted by Crippen LogP contribution is -2.27. The quantitative estimate of drug-likeness (QED) is 0.531. The summed E-state index contributed by atoms with van der Waals surface area (Å²) in [4.78, 5) is 10.6. The molecule has 0 spiro atoms. The third kappa shape index (κ3) is 1.28. The van der Waals surface area contributed by atoms with Crippen molar-refractivity contribution in [1.29, 1.82) is 0 Å². The zero-order valence-electron chi connectivity index (χ0n) is 5.33. The van der Waals surface area contributed by atoms with E-state index in [1.165, 1.54) is 6.92 Å². The molecule has 0 amide bonds. The van der Waals surface area contributed by atoms with Gasteiger partial charge in [0.15, 0.2) is 5.78 Å². The predicted octanol–water partition coefficient (Wildman–Crippen LogP) is -0.275. The fourth-order valence-electron chi connectivity index (χ4n) is 0.966. The fourth-order valence-corrected chi connectivity index (χ4v) is 0.966. The number of ether oxygens (including phenoxy) is 1. The van der Waals surface area contributed by atoms with Gasteiger partial charge in [0.1, 0.15) is 6.10 Å². The first-order valence-electron chi connectivity index (χ1n) is 3.02. The van der Waals surface area contributed by atoms with Gasteiger partial charge in [0.25, 0.3) is 0 Å². The molecule has 1 aliphatic rings. The number of rotatable bonds is 1. The highest BCUT2D eigenvalue weighted by molar-refractivity contribution is 5.81. The minimum absolute atomic E-state index is 0.0833. The van der Waals surface area contributed by atoms with E-state index in [1.807, 2.05) is 0 Å². The average Bonchev–Trinajstić information content (AvgIpc) is 2.13. The van der Waals surface area contributed by atoms with E-state index < -0.39 is 12.2 Å². The van der Waals surface area contributed by atoms with Crippen molar-refractivity contribution in [3.63, 3.8) is 0 Å². The topological polar surface area (TPSA) is 46.5 Å². The third-order valence-corrected chi connectivity index (χ3v) is 1.46. The SMILES string of the molecule is CC(=O)[C@@H]1OCC[C@@H]1O. The Morgan fingerprint density at radius 3 is 2.67 bits per heavy atom. The van der Waals surface area contributed by atoms with E-state index in [9.17, 15) is 4.79 Å². The van der Waals surface area contributed by atoms with E-state index >= 15 is 0 Å². The lowest BCUT2D eigenvalue weighted by molar-refractivity contribution is -0.129. The van der Waals surface area contributed by atoms with E-state index in [2.05, 4.69) is 0 Å². The molecule has 0 unspecified atom stereocenters. The molecule has 52 valence electrons. The Bertz CT molecular complexity index is 121. The summed E-state index contributed by atoms with van der Waals surface area (Å²) in [6.07, 6.45) is -0.531. The zero-order valence-corrected chi connectivity index (χ0v) is 5.33.